The number of carbonyl (C=O) groups is 2. The number of carboxylic acids is 1. The minimum Gasteiger partial charge on any atom is -0.493 e. The summed E-state index contributed by atoms with van der Waals surface area (Å²) in [6, 6.07) is 17.3. The number of nitrogens with zero attached hydrogens (tertiary/aromatic N) is 1. The molecule has 64 heavy (non-hydrogen) atoms. The van der Waals surface area contributed by atoms with Crippen molar-refractivity contribution in [3.05, 3.63) is 101 Å². The molecule has 0 radical (unpaired) electrons. The zero-order valence-electron chi connectivity index (χ0n) is 34.3. The lowest BCUT2D eigenvalue weighted by Crippen LogP contribution is -2.72. The van der Waals surface area contributed by atoms with Gasteiger partial charge in [-0.2, -0.15) is 0 Å². The molecule has 5 aromatic rings. The van der Waals surface area contributed by atoms with E-state index in [-0.39, 0.29) is 18.9 Å². The summed E-state index contributed by atoms with van der Waals surface area (Å²) in [5.74, 6) is 11.3. The van der Waals surface area contributed by atoms with Crippen LogP contribution >= 0.6 is 0 Å². The van der Waals surface area contributed by atoms with Crippen molar-refractivity contribution in [3.8, 4) is 52.4 Å². The molecule has 1 saturated heterocycles. The van der Waals surface area contributed by atoms with E-state index in [1.54, 1.807) is 13.2 Å². The maximum Gasteiger partial charge on any atom is 0.317 e. The van der Waals surface area contributed by atoms with E-state index in [9.17, 15) is 30.0 Å². The number of ether oxygens (including phenoxy) is 7. The summed E-state index contributed by atoms with van der Waals surface area (Å²) in [7, 11) is 1.57. The summed E-state index contributed by atoms with van der Waals surface area (Å²) >= 11 is 0. The Labute approximate surface area is 365 Å². The van der Waals surface area contributed by atoms with Gasteiger partial charge in [-0.3, -0.25) is 9.59 Å². The molecule has 6 aliphatic heterocycles. The maximum atomic E-state index is 12.6. The Hall–Kier alpha value is -6.70. The van der Waals surface area contributed by atoms with Gasteiger partial charge in [0.05, 0.1) is 42.8 Å². The van der Waals surface area contributed by atoms with Crippen LogP contribution in [0.4, 0.5) is 0 Å². The van der Waals surface area contributed by atoms with E-state index >= 15 is 0 Å². The quantitative estimate of drug-likeness (QED) is 0.0487. The van der Waals surface area contributed by atoms with Crippen LogP contribution in [0.15, 0.2) is 73.2 Å². The molecule has 0 spiro atoms. The van der Waals surface area contributed by atoms with Crippen molar-refractivity contribution in [1.29, 1.82) is 0 Å². The lowest BCUT2D eigenvalue weighted by Gasteiger charge is -2.50. The average Bonchev–Trinajstić information content (AvgIpc) is 3.99. The number of hydrogen-bond donors (Lipinski definition) is 7. The Morgan fingerprint density at radius 2 is 1.86 bits per heavy atom. The largest absolute Gasteiger partial charge is 0.493 e. The fourth-order valence-electron chi connectivity index (χ4n) is 9.55. The van der Waals surface area contributed by atoms with Gasteiger partial charge >= 0.3 is 11.9 Å². The number of aliphatic hydroxyl groups excluding tert-OH is 2. The Morgan fingerprint density at radius 1 is 1.03 bits per heavy atom. The molecule has 17 nitrogen and oxygen atoms in total. The number of methoxy groups -OCH3 is 1. The molecule has 10 atom stereocenters. The van der Waals surface area contributed by atoms with Crippen LogP contribution in [0.3, 0.4) is 0 Å². The van der Waals surface area contributed by atoms with E-state index in [2.05, 4.69) is 28.7 Å². The highest BCUT2D eigenvalue weighted by atomic mass is 16.7. The molecular formula is C47H44N4O13. The van der Waals surface area contributed by atoms with Crippen molar-refractivity contribution in [2.75, 3.05) is 13.7 Å². The summed E-state index contributed by atoms with van der Waals surface area (Å²) in [5.41, 5.74) is 13.9. The second-order valence-electron chi connectivity index (χ2n) is 16.4. The van der Waals surface area contributed by atoms with Gasteiger partial charge in [0.15, 0.2) is 17.6 Å². The lowest BCUT2D eigenvalue weighted by atomic mass is 9.75. The second-order valence-corrected chi connectivity index (χ2v) is 16.4. The number of nitrogens with one attached hydrogen (secondary N) is 1. The third-order valence-corrected chi connectivity index (χ3v) is 12.5. The molecule has 9 N–H and O–H groups in total. The van der Waals surface area contributed by atoms with Crippen molar-refractivity contribution in [1.82, 2.24) is 9.55 Å². The number of rotatable bonds is 9. The van der Waals surface area contributed by atoms with E-state index < -0.39 is 91.3 Å². The summed E-state index contributed by atoms with van der Waals surface area (Å²) in [6.07, 6.45) is -7.42. The molecule has 1 fully saturated rings. The van der Waals surface area contributed by atoms with Crippen LogP contribution < -0.4 is 35.2 Å². The average molecular weight is 873 g/mol. The van der Waals surface area contributed by atoms with Crippen LogP contribution in [-0.2, 0) is 25.6 Å². The number of fused-ring (bicyclic) bond motifs is 6. The molecule has 6 bridgehead atoms. The highest BCUT2D eigenvalue weighted by Gasteiger charge is 2.60. The number of carbonyl (C=O) groups excluding carboxylic acids is 1. The van der Waals surface area contributed by atoms with Gasteiger partial charge < -0.3 is 74.6 Å². The third-order valence-electron chi connectivity index (χ3n) is 12.5. The Morgan fingerprint density at radius 3 is 2.62 bits per heavy atom. The Bertz CT molecular complexity index is 2750. The first-order valence-electron chi connectivity index (χ1n) is 20.8. The molecule has 3 aromatic carbocycles. The monoisotopic (exact) mass is 872 g/mol. The highest BCUT2D eigenvalue weighted by molar-refractivity contribution is 5.90. The van der Waals surface area contributed by atoms with Gasteiger partial charge in [0.1, 0.15) is 54.0 Å². The number of aliphatic carboxylic acids is 1. The number of hydrogen-bond acceptors (Lipinski definition) is 14. The molecular weight excluding hydrogens is 829 g/mol. The van der Waals surface area contributed by atoms with Gasteiger partial charge in [-0.25, -0.2) is 0 Å². The Kier molecular flexibility index (Phi) is 10.4. The fourth-order valence-corrected chi connectivity index (χ4v) is 9.55. The molecule has 0 amide bonds. The van der Waals surface area contributed by atoms with Crippen molar-refractivity contribution < 1.29 is 63.2 Å². The first-order chi connectivity index (χ1) is 30.9. The number of benzene rings is 3. The summed E-state index contributed by atoms with van der Waals surface area (Å²) < 4.78 is 46.5. The van der Waals surface area contributed by atoms with Crippen molar-refractivity contribution >= 4 is 22.8 Å². The standard InChI is InChI=1S/C47H44N4O13/c1-58-30-13-12-27-36-38-25(23-8-3-2-4-9-23)10-5-6-17-59-40(30)39(27)63-41(36)35-28(21-51-20-24-14-16-50-29(24)22-51)26-11-7-15-47(57)43(56)37(55)46(61-31(26)18-32(35)60-38)64-44(47)42(45(48)49)62-34(54)19-33(52)53/h2-4,8-9,12-14,16,18,20,22,25,36-38,41-46,50,55-57H,6,15,17,19,21,48-49H2,1H3,(H,52,53)/t25-,36-,37-,38-,41+,42+,43-,44-,46-,47+/m1/s1. The first-order valence-corrected chi connectivity index (χ1v) is 20.8. The topological polar surface area (TPSA) is 252 Å². The fraction of sp³-hybridized carbons (Fsp3) is 0.362. The number of nitrogens with two attached hydrogens (primary N) is 2. The molecule has 6 aliphatic rings. The van der Waals surface area contributed by atoms with Crippen LogP contribution in [-0.4, -0.2) is 104 Å². The smallest absolute Gasteiger partial charge is 0.317 e. The van der Waals surface area contributed by atoms with Crippen LogP contribution in [0.5, 0.6) is 28.7 Å². The first kappa shape index (κ1) is 41.3. The van der Waals surface area contributed by atoms with Crippen molar-refractivity contribution in [3.63, 3.8) is 0 Å². The van der Waals surface area contributed by atoms with Gasteiger partial charge in [-0.05, 0) is 17.7 Å². The number of aromatic nitrogens is 2. The minimum absolute atomic E-state index is 0.0830. The van der Waals surface area contributed by atoms with E-state index in [0.717, 1.165) is 22.0 Å². The van der Waals surface area contributed by atoms with E-state index in [1.807, 2.05) is 71.7 Å². The lowest BCUT2D eigenvalue weighted by molar-refractivity contribution is -0.324. The minimum atomic E-state index is -2.46. The molecule has 2 aromatic heterocycles. The highest BCUT2D eigenvalue weighted by Crippen LogP contribution is 2.61. The van der Waals surface area contributed by atoms with E-state index in [0.29, 0.717) is 46.1 Å². The molecule has 8 heterocycles. The van der Waals surface area contributed by atoms with Crippen LogP contribution in [0.1, 0.15) is 65.0 Å². The number of aliphatic hydroxyl groups is 3. The predicted octanol–water partition coefficient (Wildman–Crippen LogP) is 2.52. The zero-order valence-corrected chi connectivity index (χ0v) is 34.3. The van der Waals surface area contributed by atoms with Gasteiger partial charge in [-0.1, -0.05) is 60.1 Å². The zero-order chi connectivity index (χ0) is 44.4. The summed E-state index contributed by atoms with van der Waals surface area (Å²) in [5, 5.41) is 45.5. The molecule has 330 valence electrons. The number of carboxylic acid groups (broad SMARTS) is 1. The SMILES string of the molecule is COc1ccc2c3c1OCCC#C[C@H](c1ccccc1)[C@H]1Oc4cc5c(c(Cn6cc7cc[nH]c7c6)c4[C@H](O3)[C@H]21)C#CC[C@]1(O)[C@H](O)[C@@H](O)[C@H](O5)O[C@@H]1[C@H](OC(=O)CC(=O)O)C(N)N. The van der Waals surface area contributed by atoms with Crippen LogP contribution in [0.25, 0.3) is 10.9 Å². The van der Waals surface area contributed by atoms with Crippen molar-refractivity contribution in [2.24, 2.45) is 11.5 Å². The molecule has 17 heteroatoms. The number of aromatic amines is 1. The van der Waals surface area contributed by atoms with Crippen molar-refractivity contribution in [2.45, 2.75) is 92.3 Å². The summed E-state index contributed by atoms with van der Waals surface area (Å²) in [4.78, 5) is 27.2. The van der Waals surface area contributed by atoms with Crippen LogP contribution in [0.2, 0.25) is 0 Å². The predicted molar refractivity (Wildman–Crippen MR) is 224 cm³/mol. The molecule has 11 rings (SSSR count). The maximum absolute atomic E-state index is 12.6. The normalized spacial score (nSPS) is 27.6. The molecule has 0 saturated carbocycles. The van der Waals surface area contributed by atoms with Gasteiger partial charge in [0.25, 0.3) is 0 Å². The van der Waals surface area contributed by atoms with Gasteiger partial charge in [0.2, 0.25) is 12.0 Å². The number of esters is 1. The Balaban J connectivity index is 1.17. The third kappa shape index (κ3) is 6.94. The van der Waals surface area contributed by atoms with E-state index in [1.165, 1.54) is 0 Å². The summed E-state index contributed by atoms with van der Waals surface area (Å²) in [6.45, 7) is 0.499. The molecule has 0 unspecified atom stereocenters. The molecule has 0 aliphatic carbocycles. The number of H-pyrrole nitrogens is 1. The van der Waals surface area contributed by atoms with E-state index in [4.69, 9.17) is 44.6 Å². The van der Waals surface area contributed by atoms with Crippen LogP contribution in [0, 0.1) is 23.7 Å². The van der Waals surface area contributed by atoms with Gasteiger partial charge in [-0.15, -0.1) is 0 Å². The second kappa shape index (κ2) is 16.1. The van der Waals surface area contributed by atoms with Gasteiger partial charge in [0, 0.05) is 66.1 Å².